The summed E-state index contributed by atoms with van der Waals surface area (Å²) in [6.07, 6.45) is -0.317. The number of amides is 3. The molecule has 0 aliphatic carbocycles. The van der Waals surface area contributed by atoms with Crippen molar-refractivity contribution in [2.45, 2.75) is 44.7 Å². The maximum atomic E-state index is 13.3. The Hall–Kier alpha value is -2.62. The van der Waals surface area contributed by atoms with Crippen molar-refractivity contribution in [1.29, 1.82) is 0 Å². The molecule has 0 fully saturated rings. The van der Waals surface area contributed by atoms with Crippen LogP contribution >= 0.6 is 23.2 Å². The molecule has 1 heterocycles. The van der Waals surface area contributed by atoms with Gasteiger partial charge in [0.25, 0.3) is 15.9 Å². The lowest BCUT2D eigenvalue weighted by Crippen LogP contribution is -2.49. The predicted molar refractivity (Wildman–Crippen MR) is 134 cm³/mol. The topological polar surface area (TPSA) is 104 Å². The van der Waals surface area contributed by atoms with Crippen molar-refractivity contribution in [3.8, 4) is 0 Å². The van der Waals surface area contributed by atoms with E-state index in [0.717, 1.165) is 0 Å². The number of nitrogens with zero attached hydrogens (tertiary/aromatic N) is 2. The van der Waals surface area contributed by atoms with Crippen molar-refractivity contribution in [1.82, 2.24) is 14.5 Å². The molecule has 8 nitrogen and oxygen atoms in total. The summed E-state index contributed by atoms with van der Waals surface area (Å²) in [5, 5.41) is 3.46. The fourth-order valence-electron chi connectivity index (χ4n) is 3.68. The Morgan fingerprint density at radius 2 is 1.66 bits per heavy atom. The number of hydrogen-bond acceptors (Lipinski definition) is 5. The van der Waals surface area contributed by atoms with E-state index in [0.29, 0.717) is 26.5 Å². The zero-order chi connectivity index (χ0) is 25.9. The van der Waals surface area contributed by atoms with Crippen molar-refractivity contribution < 1.29 is 22.8 Å². The summed E-state index contributed by atoms with van der Waals surface area (Å²) in [4.78, 5) is 40.0. The molecule has 0 saturated heterocycles. The summed E-state index contributed by atoms with van der Waals surface area (Å²) >= 11 is 12.6. The average molecular weight is 540 g/mol. The first-order chi connectivity index (χ1) is 16.4. The second-order valence-corrected chi connectivity index (χ2v) is 11.3. The minimum atomic E-state index is -4.05. The molecule has 1 atom stereocenters. The molecular formula is C24H27Cl2N3O5S. The van der Waals surface area contributed by atoms with E-state index in [9.17, 15) is 22.8 Å². The molecule has 2 aromatic rings. The first kappa shape index (κ1) is 27.0. The zero-order valence-corrected chi connectivity index (χ0v) is 22.0. The van der Waals surface area contributed by atoms with Gasteiger partial charge in [-0.3, -0.25) is 14.4 Å². The Balaban J connectivity index is 1.82. The zero-order valence-electron chi connectivity index (χ0n) is 19.6. The van der Waals surface area contributed by atoms with E-state index in [1.54, 1.807) is 31.2 Å². The molecule has 0 saturated carbocycles. The summed E-state index contributed by atoms with van der Waals surface area (Å²) in [5.41, 5.74) is 0.533. The van der Waals surface area contributed by atoms with Crippen LogP contribution in [0.25, 0.3) is 0 Å². The first-order valence-corrected chi connectivity index (χ1v) is 13.3. The van der Waals surface area contributed by atoms with Crippen LogP contribution in [0.4, 0.5) is 0 Å². The van der Waals surface area contributed by atoms with Crippen molar-refractivity contribution in [2.24, 2.45) is 5.92 Å². The molecule has 188 valence electrons. The maximum absolute atomic E-state index is 13.3. The molecular weight excluding hydrogens is 513 g/mol. The van der Waals surface area contributed by atoms with Crippen LogP contribution in [0.1, 0.15) is 43.1 Å². The molecule has 0 radical (unpaired) electrons. The van der Waals surface area contributed by atoms with Gasteiger partial charge in [-0.05, 0) is 37.1 Å². The number of benzene rings is 2. The molecule has 0 aromatic heterocycles. The van der Waals surface area contributed by atoms with Crippen LogP contribution in [-0.4, -0.2) is 54.5 Å². The number of halogens is 2. The molecule has 1 aliphatic heterocycles. The minimum absolute atomic E-state index is 0.0610. The molecule has 0 spiro atoms. The van der Waals surface area contributed by atoms with Crippen LogP contribution in [-0.2, 0) is 26.2 Å². The number of carbonyl (C=O) groups is 3. The second-order valence-electron chi connectivity index (χ2n) is 8.67. The van der Waals surface area contributed by atoms with Gasteiger partial charge in [0.1, 0.15) is 10.9 Å². The third-order valence-electron chi connectivity index (χ3n) is 5.68. The van der Waals surface area contributed by atoms with Gasteiger partial charge >= 0.3 is 0 Å². The van der Waals surface area contributed by atoms with E-state index in [1.165, 1.54) is 23.1 Å². The van der Waals surface area contributed by atoms with Crippen LogP contribution in [0.2, 0.25) is 10.0 Å². The summed E-state index contributed by atoms with van der Waals surface area (Å²) in [5.74, 6) is -1.36. The van der Waals surface area contributed by atoms with E-state index < -0.39 is 27.9 Å². The van der Waals surface area contributed by atoms with E-state index in [4.69, 9.17) is 23.2 Å². The number of hydrogen-bond donors (Lipinski definition) is 1. The Kier molecular flexibility index (Phi) is 8.46. The smallest absolute Gasteiger partial charge is 0.269 e. The molecule has 11 heteroatoms. The summed E-state index contributed by atoms with van der Waals surface area (Å²) in [6.45, 7) is 5.48. The van der Waals surface area contributed by atoms with Crippen LogP contribution < -0.4 is 5.32 Å². The van der Waals surface area contributed by atoms with E-state index in [1.807, 2.05) is 13.8 Å². The number of fused-ring (bicyclic) bond motifs is 1. The fraction of sp³-hybridized carbons (Fsp3) is 0.375. The monoisotopic (exact) mass is 539 g/mol. The van der Waals surface area contributed by atoms with Gasteiger partial charge in [-0.25, -0.2) is 12.7 Å². The predicted octanol–water partition coefficient (Wildman–Crippen LogP) is 3.72. The Morgan fingerprint density at radius 3 is 2.26 bits per heavy atom. The lowest BCUT2D eigenvalue weighted by atomic mass is 10.1. The lowest BCUT2D eigenvalue weighted by molar-refractivity contribution is -0.140. The average Bonchev–Trinajstić information content (AvgIpc) is 3.00. The van der Waals surface area contributed by atoms with Crippen molar-refractivity contribution in [3.63, 3.8) is 0 Å². The summed E-state index contributed by atoms with van der Waals surface area (Å²) in [7, 11) is -4.05. The highest BCUT2D eigenvalue weighted by Crippen LogP contribution is 2.30. The second kappa shape index (κ2) is 11.0. The Labute approximate surface area is 215 Å². The van der Waals surface area contributed by atoms with Crippen molar-refractivity contribution in [3.05, 3.63) is 63.6 Å². The third-order valence-corrected chi connectivity index (χ3v) is 8.23. The summed E-state index contributed by atoms with van der Waals surface area (Å²) in [6, 6.07) is 9.93. The van der Waals surface area contributed by atoms with Gasteiger partial charge < -0.3 is 10.2 Å². The Bertz CT molecular complexity index is 1230. The summed E-state index contributed by atoms with van der Waals surface area (Å²) < 4.78 is 26.4. The highest BCUT2D eigenvalue weighted by atomic mass is 35.5. The SMILES string of the molecule is CC(C)CNC(=O)[C@@H](C)N(Cc1c(Cl)cccc1Cl)C(=O)CCN1C(=O)c2ccccc2S1(=O)=O. The molecule has 35 heavy (non-hydrogen) atoms. The molecule has 3 amide bonds. The molecule has 1 aliphatic rings. The van der Waals surface area contributed by atoms with Gasteiger partial charge in [-0.2, -0.15) is 0 Å². The normalized spacial score (nSPS) is 15.1. The Morgan fingerprint density at radius 1 is 1.03 bits per heavy atom. The van der Waals surface area contributed by atoms with E-state index in [-0.39, 0.29) is 41.8 Å². The van der Waals surface area contributed by atoms with E-state index >= 15 is 0 Å². The van der Waals surface area contributed by atoms with Gasteiger partial charge in [0.15, 0.2) is 0 Å². The molecule has 2 aromatic carbocycles. The van der Waals surface area contributed by atoms with Crippen LogP contribution in [0.5, 0.6) is 0 Å². The standard InChI is InChI=1S/C24H27Cl2N3O5S/c1-15(2)13-27-23(31)16(3)28(14-18-19(25)8-6-9-20(18)26)22(30)11-12-29-24(32)17-7-4-5-10-21(17)35(29,33)34/h4-10,15-16H,11-14H2,1-3H3,(H,27,31)/t16-/m1/s1. The van der Waals surface area contributed by atoms with Gasteiger partial charge in [0.05, 0.1) is 5.56 Å². The fourth-order valence-corrected chi connectivity index (χ4v) is 5.77. The molecule has 0 bridgehead atoms. The van der Waals surface area contributed by atoms with Crippen LogP contribution in [0, 0.1) is 5.92 Å². The van der Waals surface area contributed by atoms with Gasteiger partial charge in [-0.15, -0.1) is 0 Å². The quantitative estimate of drug-likeness (QED) is 0.522. The number of rotatable bonds is 9. The molecule has 0 unspecified atom stereocenters. The van der Waals surface area contributed by atoms with Crippen molar-refractivity contribution >= 4 is 50.9 Å². The lowest BCUT2D eigenvalue weighted by Gasteiger charge is -2.30. The third kappa shape index (κ3) is 5.79. The first-order valence-electron chi connectivity index (χ1n) is 11.1. The van der Waals surface area contributed by atoms with E-state index in [2.05, 4.69) is 5.32 Å². The number of carbonyl (C=O) groups excluding carboxylic acids is 3. The maximum Gasteiger partial charge on any atom is 0.269 e. The van der Waals surface area contributed by atoms with Gasteiger partial charge in [0.2, 0.25) is 11.8 Å². The highest BCUT2D eigenvalue weighted by molar-refractivity contribution is 7.90. The minimum Gasteiger partial charge on any atom is -0.354 e. The molecule has 1 N–H and O–H groups in total. The molecule has 3 rings (SSSR count). The highest BCUT2D eigenvalue weighted by Gasteiger charge is 2.41. The van der Waals surface area contributed by atoms with Crippen LogP contribution in [0.3, 0.4) is 0 Å². The largest absolute Gasteiger partial charge is 0.354 e. The van der Waals surface area contributed by atoms with Gasteiger partial charge in [0, 0.05) is 41.7 Å². The van der Waals surface area contributed by atoms with Gasteiger partial charge in [-0.1, -0.05) is 55.2 Å². The number of sulfonamides is 1. The van der Waals surface area contributed by atoms with Crippen LogP contribution in [0.15, 0.2) is 47.4 Å². The number of nitrogens with one attached hydrogen (secondary N) is 1. The van der Waals surface area contributed by atoms with Crippen molar-refractivity contribution in [2.75, 3.05) is 13.1 Å².